The van der Waals surface area contributed by atoms with Gasteiger partial charge in [0, 0.05) is 17.2 Å². The van der Waals surface area contributed by atoms with Gasteiger partial charge >= 0.3 is 0 Å². The Kier molecular flexibility index (Phi) is 6.39. The number of phenols is 1. The highest BCUT2D eigenvalue weighted by Gasteiger charge is 2.08. The van der Waals surface area contributed by atoms with E-state index < -0.39 is 0 Å². The Labute approximate surface area is 147 Å². The summed E-state index contributed by atoms with van der Waals surface area (Å²) in [5.41, 5.74) is 3.95. The van der Waals surface area contributed by atoms with Crippen molar-refractivity contribution in [3.05, 3.63) is 53.6 Å². The molecule has 0 bridgehead atoms. The maximum absolute atomic E-state index is 12.1. The minimum atomic E-state index is -0.339. The number of carbonyl (C=O) groups is 1. The third-order valence-corrected chi connectivity index (χ3v) is 3.51. The predicted molar refractivity (Wildman–Crippen MR) is 96.6 cm³/mol. The first kappa shape index (κ1) is 18.3. The van der Waals surface area contributed by atoms with Crippen molar-refractivity contribution in [1.82, 2.24) is 5.43 Å². The number of phenolic OH excluding ortho intramolecular Hbond substituents is 1. The number of ether oxygens (including phenoxy) is 2. The number of nitrogens with one attached hydrogen (secondary N) is 1. The summed E-state index contributed by atoms with van der Waals surface area (Å²) in [6, 6.07) is 11.7. The summed E-state index contributed by atoms with van der Waals surface area (Å²) in [6.45, 7) is 4.37. The number of rotatable bonds is 7. The van der Waals surface area contributed by atoms with Gasteiger partial charge in [0.25, 0.3) is 5.91 Å². The van der Waals surface area contributed by atoms with Crippen molar-refractivity contribution in [2.24, 2.45) is 5.10 Å². The molecular formula is C19H22N2O4. The molecule has 0 fully saturated rings. The second-order valence-corrected chi connectivity index (χ2v) is 5.39. The van der Waals surface area contributed by atoms with Gasteiger partial charge in [0.05, 0.1) is 19.4 Å². The largest absolute Gasteiger partial charge is 0.507 e. The first-order chi connectivity index (χ1) is 12.0. The number of methoxy groups -OCH3 is 1. The molecule has 0 atom stereocenters. The summed E-state index contributed by atoms with van der Waals surface area (Å²) in [6.07, 6.45) is 0.925. The normalized spacial score (nSPS) is 11.1. The smallest absolute Gasteiger partial charge is 0.271 e. The van der Waals surface area contributed by atoms with Gasteiger partial charge in [0.15, 0.2) is 0 Å². The van der Waals surface area contributed by atoms with E-state index in [4.69, 9.17) is 9.47 Å². The first-order valence-corrected chi connectivity index (χ1v) is 8.00. The molecular weight excluding hydrogens is 320 g/mol. The number of hydrogen-bond donors (Lipinski definition) is 2. The minimum absolute atomic E-state index is 0.0345. The number of hydrogen-bond acceptors (Lipinski definition) is 5. The van der Waals surface area contributed by atoms with Crippen LogP contribution < -0.4 is 14.9 Å². The van der Waals surface area contributed by atoms with Crippen molar-refractivity contribution in [3.63, 3.8) is 0 Å². The Hall–Kier alpha value is -3.02. The van der Waals surface area contributed by atoms with Crippen molar-refractivity contribution in [2.75, 3.05) is 13.7 Å². The number of benzene rings is 2. The zero-order valence-electron chi connectivity index (χ0n) is 14.6. The molecule has 0 unspecified atom stereocenters. The molecule has 0 heterocycles. The van der Waals surface area contributed by atoms with Gasteiger partial charge in [0.2, 0.25) is 0 Å². The standard InChI is InChI=1S/C19H22N2O4/c1-4-11-25-15-7-5-14(6-8-15)19(23)21-20-13(2)17-10-9-16(24-3)12-18(17)22/h5-10,12,22H,4,11H2,1-3H3,(H,21,23)/b20-13-. The van der Waals surface area contributed by atoms with Crippen LogP contribution in [-0.2, 0) is 0 Å². The number of carbonyl (C=O) groups excluding carboxylic acids is 1. The van der Waals surface area contributed by atoms with Crippen LogP contribution in [0.1, 0.15) is 36.2 Å². The molecule has 25 heavy (non-hydrogen) atoms. The van der Waals surface area contributed by atoms with Gasteiger partial charge in [-0.2, -0.15) is 5.10 Å². The van der Waals surface area contributed by atoms with Gasteiger partial charge in [-0.1, -0.05) is 6.92 Å². The second-order valence-electron chi connectivity index (χ2n) is 5.39. The highest BCUT2D eigenvalue weighted by atomic mass is 16.5. The second kappa shape index (κ2) is 8.73. The molecule has 2 N–H and O–H groups in total. The summed E-state index contributed by atoms with van der Waals surface area (Å²) >= 11 is 0. The Bertz CT molecular complexity index is 755. The molecule has 0 spiro atoms. The van der Waals surface area contributed by atoms with Crippen molar-refractivity contribution in [3.8, 4) is 17.2 Å². The monoisotopic (exact) mass is 342 g/mol. The number of nitrogens with zero attached hydrogens (tertiary/aromatic N) is 1. The highest BCUT2D eigenvalue weighted by Crippen LogP contribution is 2.23. The van der Waals surface area contributed by atoms with Crippen molar-refractivity contribution in [1.29, 1.82) is 0 Å². The fourth-order valence-electron chi connectivity index (χ4n) is 2.13. The van der Waals surface area contributed by atoms with Gasteiger partial charge in [0.1, 0.15) is 17.2 Å². The summed E-state index contributed by atoms with van der Waals surface area (Å²) in [7, 11) is 1.52. The van der Waals surface area contributed by atoms with E-state index in [1.165, 1.54) is 13.2 Å². The maximum Gasteiger partial charge on any atom is 0.271 e. The molecule has 132 valence electrons. The Morgan fingerprint density at radius 1 is 1.16 bits per heavy atom. The van der Waals surface area contributed by atoms with Crippen LogP contribution in [0.2, 0.25) is 0 Å². The van der Waals surface area contributed by atoms with Crippen LogP contribution in [0, 0.1) is 0 Å². The molecule has 6 heteroatoms. The minimum Gasteiger partial charge on any atom is -0.507 e. The number of aromatic hydroxyl groups is 1. The van der Waals surface area contributed by atoms with Crippen LogP contribution in [0.25, 0.3) is 0 Å². The number of amides is 1. The molecule has 0 aliphatic heterocycles. The Balaban J connectivity index is 2.03. The van der Waals surface area contributed by atoms with E-state index >= 15 is 0 Å². The van der Waals surface area contributed by atoms with E-state index in [-0.39, 0.29) is 11.7 Å². The van der Waals surface area contributed by atoms with Gasteiger partial charge < -0.3 is 14.6 Å². The van der Waals surface area contributed by atoms with Gasteiger partial charge in [-0.15, -0.1) is 0 Å². The van der Waals surface area contributed by atoms with E-state index in [1.807, 2.05) is 6.92 Å². The third-order valence-electron chi connectivity index (χ3n) is 3.51. The molecule has 2 aromatic rings. The fraction of sp³-hybridized carbons (Fsp3) is 0.263. The van der Waals surface area contributed by atoms with Crippen molar-refractivity contribution in [2.45, 2.75) is 20.3 Å². The van der Waals surface area contributed by atoms with Crippen LogP contribution in [-0.4, -0.2) is 30.4 Å². The lowest BCUT2D eigenvalue weighted by molar-refractivity contribution is 0.0954. The molecule has 6 nitrogen and oxygen atoms in total. The summed E-state index contributed by atoms with van der Waals surface area (Å²) in [5, 5.41) is 14.0. The third kappa shape index (κ3) is 4.97. The maximum atomic E-state index is 12.1. The summed E-state index contributed by atoms with van der Waals surface area (Å²) < 4.78 is 10.5. The van der Waals surface area contributed by atoms with E-state index in [0.717, 1.165) is 12.2 Å². The summed E-state index contributed by atoms with van der Waals surface area (Å²) in [4.78, 5) is 12.1. The average Bonchev–Trinajstić information content (AvgIpc) is 2.64. The van der Waals surface area contributed by atoms with Gasteiger partial charge in [-0.25, -0.2) is 5.43 Å². The molecule has 2 rings (SSSR count). The molecule has 0 aromatic heterocycles. The van der Waals surface area contributed by atoms with Crippen LogP contribution in [0.15, 0.2) is 47.6 Å². The molecule has 2 aromatic carbocycles. The molecule has 0 saturated heterocycles. The van der Waals surface area contributed by atoms with Crippen LogP contribution in [0.5, 0.6) is 17.2 Å². The van der Waals surface area contributed by atoms with E-state index in [9.17, 15) is 9.90 Å². The van der Waals surface area contributed by atoms with Crippen LogP contribution >= 0.6 is 0 Å². The molecule has 0 radical (unpaired) electrons. The zero-order chi connectivity index (χ0) is 18.2. The topological polar surface area (TPSA) is 80.2 Å². The Morgan fingerprint density at radius 2 is 1.84 bits per heavy atom. The first-order valence-electron chi connectivity index (χ1n) is 8.00. The van der Waals surface area contributed by atoms with Crippen LogP contribution in [0.4, 0.5) is 0 Å². The van der Waals surface area contributed by atoms with Crippen LogP contribution in [0.3, 0.4) is 0 Å². The predicted octanol–water partition coefficient (Wildman–Crippen LogP) is 3.34. The molecule has 0 saturated carbocycles. The molecule has 1 amide bonds. The number of hydrazone groups is 1. The zero-order valence-corrected chi connectivity index (χ0v) is 14.6. The average molecular weight is 342 g/mol. The lowest BCUT2D eigenvalue weighted by Crippen LogP contribution is -2.19. The van der Waals surface area contributed by atoms with Crippen molar-refractivity contribution < 1.29 is 19.4 Å². The molecule has 0 aliphatic rings. The van der Waals surface area contributed by atoms with Crippen molar-refractivity contribution >= 4 is 11.6 Å². The van der Waals surface area contributed by atoms with E-state index in [1.54, 1.807) is 43.3 Å². The fourth-order valence-corrected chi connectivity index (χ4v) is 2.13. The lowest BCUT2D eigenvalue weighted by atomic mass is 10.1. The highest BCUT2D eigenvalue weighted by molar-refractivity contribution is 6.02. The SMILES string of the molecule is CCCOc1ccc(C(=O)N/N=C(/C)c2ccc(OC)cc2O)cc1. The molecule has 0 aliphatic carbocycles. The van der Waals surface area contributed by atoms with Gasteiger partial charge in [-0.3, -0.25) is 4.79 Å². The van der Waals surface area contributed by atoms with E-state index in [2.05, 4.69) is 10.5 Å². The lowest BCUT2D eigenvalue weighted by Gasteiger charge is -2.08. The summed E-state index contributed by atoms with van der Waals surface area (Å²) in [5.74, 6) is 0.964. The Morgan fingerprint density at radius 3 is 2.44 bits per heavy atom. The quantitative estimate of drug-likeness (QED) is 0.597. The van der Waals surface area contributed by atoms with E-state index in [0.29, 0.717) is 29.2 Å². The van der Waals surface area contributed by atoms with Gasteiger partial charge in [-0.05, 0) is 49.7 Å².